The molecule has 292 valence electrons. The van der Waals surface area contributed by atoms with Crippen molar-refractivity contribution in [2.45, 2.75) is 196 Å². The van der Waals surface area contributed by atoms with Gasteiger partial charge in [0.15, 0.2) is 0 Å². The van der Waals surface area contributed by atoms with Crippen LogP contribution in [0.3, 0.4) is 0 Å². The molecule has 0 radical (unpaired) electrons. The number of carboxylic acid groups (broad SMARTS) is 2. The number of aliphatic carboxylic acids is 2. The summed E-state index contributed by atoms with van der Waals surface area (Å²) in [5.74, 6) is -0.305. The summed E-state index contributed by atoms with van der Waals surface area (Å²) < 4.78 is 0. The topological polar surface area (TPSA) is 147 Å². The third-order valence-electron chi connectivity index (χ3n) is 8.44. The van der Waals surface area contributed by atoms with Crippen molar-refractivity contribution in [1.82, 2.24) is 5.32 Å². The van der Waals surface area contributed by atoms with Crippen LogP contribution in [-0.2, 0) is 19.2 Å². The number of hydrogen-bond acceptors (Lipinski definition) is 5. The number of hydrogen-bond donors (Lipinski definition) is 4. The third kappa shape index (κ3) is 48.5. The predicted octanol–water partition coefficient (Wildman–Crippen LogP) is 10.9. The fourth-order valence-corrected chi connectivity index (χ4v) is 5.98. The van der Waals surface area contributed by atoms with E-state index in [1.165, 1.54) is 89.9 Å². The average molecular weight is 720 g/mol. The van der Waals surface area contributed by atoms with Crippen LogP contribution in [0.1, 0.15) is 196 Å². The number of unbranched alkanes of at least 4 members (excludes halogenated alkanes) is 16. The second kappa shape index (κ2) is 39.1. The van der Waals surface area contributed by atoms with Crippen molar-refractivity contribution in [1.29, 1.82) is 0 Å². The Hall–Kier alpha value is -1.67. The number of carboxylic acids is 2. The highest BCUT2D eigenvalue weighted by Crippen LogP contribution is 2.16. The largest absolute Gasteiger partial charge is 0.481 e. The van der Waals surface area contributed by atoms with E-state index in [2.05, 4.69) is 46.9 Å². The summed E-state index contributed by atoms with van der Waals surface area (Å²) in [6, 6.07) is 0. The van der Waals surface area contributed by atoms with Gasteiger partial charge in [-0.25, -0.2) is 0 Å². The zero-order chi connectivity index (χ0) is 37.7. The summed E-state index contributed by atoms with van der Waals surface area (Å²) >= 11 is 5.24. The van der Waals surface area contributed by atoms with E-state index in [4.69, 9.17) is 27.5 Å². The molecule has 0 aliphatic rings. The van der Waals surface area contributed by atoms with Gasteiger partial charge in [0.05, 0.1) is 0 Å². The Labute approximate surface area is 306 Å². The van der Waals surface area contributed by atoms with Gasteiger partial charge in [0.2, 0.25) is 11.1 Å². The molecule has 0 fully saturated rings. The lowest BCUT2D eigenvalue weighted by molar-refractivity contribution is -0.139. The maximum atomic E-state index is 11.9. The summed E-state index contributed by atoms with van der Waals surface area (Å²) in [6.45, 7) is 13.7. The van der Waals surface area contributed by atoms with Gasteiger partial charge in [-0.3, -0.25) is 19.2 Å². The first-order valence-corrected chi connectivity index (χ1v) is 20.2. The smallest absolute Gasteiger partial charge is 0.303 e. The summed E-state index contributed by atoms with van der Waals surface area (Å²) in [6.07, 6.45) is 25.9. The lowest BCUT2D eigenvalue weighted by Gasteiger charge is -2.17. The molecule has 0 spiro atoms. The molecular weight excluding hydrogens is 640 g/mol. The average Bonchev–Trinajstić information content (AvgIpc) is 3.01. The molecule has 8 nitrogen and oxygen atoms in total. The molecule has 0 aliphatic heterocycles. The van der Waals surface area contributed by atoms with E-state index >= 15 is 0 Å². The van der Waals surface area contributed by atoms with E-state index in [9.17, 15) is 19.2 Å². The normalized spacial score (nSPS) is 12.0. The highest BCUT2D eigenvalue weighted by Gasteiger charge is 2.16. The quantitative estimate of drug-likeness (QED) is 0.0412. The molecule has 49 heavy (non-hydrogen) atoms. The van der Waals surface area contributed by atoms with Crippen molar-refractivity contribution >= 4 is 34.7 Å². The lowest BCUT2D eigenvalue weighted by Crippen LogP contribution is -2.30. The van der Waals surface area contributed by atoms with Crippen LogP contribution in [0.25, 0.3) is 0 Å². The van der Waals surface area contributed by atoms with E-state index in [0.717, 1.165) is 38.5 Å². The number of nitrogens with two attached hydrogens (primary N) is 1. The van der Waals surface area contributed by atoms with E-state index < -0.39 is 11.9 Å². The van der Waals surface area contributed by atoms with Gasteiger partial charge >= 0.3 is 11.9 Å². The van der Waals surface area contributed by atoms with Crippen LogP contribution in [0.2, 0.25) is 0 Å². The molecule has 5 N–H and O–H groups in total. The van der Waals surface area contributed by atoms with Gasteiger partial charge in [-0.1, -0.05) is 144 Å². The van der Waals surface area contributed by atoms with E-state index in [0.29, 0.717) is 37.8 Å². The van der Waals surface area contributed by atoms with Crippen molar-refractivity contribution in [2.24, 2.45) is 29.4 Å². The number of amides is 1. The molecule has 0 unspecified atom stereocenters. The van der Waals surface area contributed by atoms with Crippen LogP contribution in [0, 0.1) is 23.7 Å². The number of carbonyl (C=O) groups excluding carboxylic acids is 2. The molecule has 0 bridgehead atoms. The van der Waals surface area contributed by atoms with Crippen molar-refractivity contribution in [3.63, 3.8) is 0 Å². The minimum Gasteiger partial charge on any atom is -0.481 e. The van der Waals surface area contributed by atoms with Crippen LogP contribution in [0.4, 0.5) is 0 Å². The van der Waals surface area contributed by atoms with Crippen LogP contribution < -0.4 is 11.1 Å². The van der Waals surface area contributed by atoms with Crippen molar-refractivity contribution in [2.75, 3.05) is 13.1 Å². The lowest BCUT2D eigenvalue weighted by atomic mass is 9.94. The van der Waals surface area contributed by atoms with Gasteiger partial charge in [-0.15, -0.1) is 0 Å². The van der Waals surface area contributed by atoms with Gasteiger partial charge in [-0.05, 0) is 67.5 Å². The molecule has 9 heteroatoms. The fourth-order valence-electron chi connectivity index (χ4n) is 5.85. The summed E-state index contributed by atoms with van der Waals surface area (Å²) in [5, 5.41) is 20.1. The van der Waals surface area contributed by atoms with Gasteiger partial charge < -0.3 is 21.3 Å². The Morgan fingerprint density at radius 2 is 0.918 bits per heavy atom. The summed E-state index contributed by atoms with van der Waals surface area (Å²) in [7, 11) is 0. The van der Waals surface area contributed by atoms with E-state index in [-0.39, 0.29) is 35.8 Å². The van der Waals surface area contributed by atoms with E-state index in [1.54, 1.807) is 0 Å². The Kier molecular flexibility index (Phi) is 41.3. The molecule has 0 aromatic rings. The van der Waals surface area contributed by atoms with Crippen LogP contribution >= 0.6 is 11.6 Å². The highest BCUT2D eigenvalue weighted by molar-refractivity contribution is 6.63. The monoisotopic (exact) mass is 719 g/mol. The molecular formula is C40H79ClN2O6. The van der Waals surface area contributed by atoms with Crippen LogP contribution in [-0.4, -0.2) is 46.4 Å². The first kappa shape index (κ1) is 51.7. The van der Waals surface area contributed by atoms with Crippen molar-refractivity contribution in [3.8, 4) is 0 Å². The van der Waals surface area contributed by atoms with Gasteiger partial charge in [0, 0.05) is 32.2 Å². The Bertz CT molecular complexity index is 778. The maximum Gasteiger partial charge on any atom is 0.303 e. The molecule has 2 atom stereocenters. The van der Waals surface area contributed by atoms with Gasteiger partial charge in [0.25, 0.3) is 0 Å². The third-order valence-corrected chi connectivity index (χ3v) is 8.63. The summed E-state index contributed by atoms with van der Waals surface area (Å²) in [5.41, 5.74) is 5.41. The molecule has 0 saturated heterocycles. The summed E-state index contributed by atoms with van der Waals surface area (Å²) in [4.78, 5) is 43.5. The standard InChI is InChI=1S/C20H39NO3.C12H23ClO.C8H17NO2/c1-4-5-6-7-8-9-10-11-12-13-19(22)21-16-18(14-17(2)3)15-20(23)24;1-2-3-4-5-6-7-8-9-10-11-12(13)14;1-6(2)3-7(5-9)4-8(10)11/h17-18H,4-16H2,1-3H3,(H,21,22)(H,23,24);2-11H2,1H3;6-7H,3-5,9H2,1-2H3,(H,10,11)/t18-;;7-/m0.0/s1. The molecule has 0 heterocycles. The first-order chi connectivity index (χ1) is 23.3. The number of halogens is 1. The molecule has 0 rings (SSSR count). The Morgan fingerprint density at radius 1 is 0.571 bits per heavy atom. The Balaban J connectivity index is -0.000000715. The highest BCUT2D eigenvalue weighted by atomic mass is 35.5. The number of rotatable bonds is 31. The maximum absolute atomic E-state index is 11.9. The zero-order valence-electron chi connectivity index (χ0n) is 32.7. The van der Waals surface area contributed by atoms with E-state index in [1.807, 2.05) is 0 Å². The van der Waals surface area contributed by atoms with Gasteiger partial charge in [0.1, 0.15) is 0 Å². The van der Waals surface area contributed by atoms with Crippen LogP contribution in [0.5, 0.6) is 0 Å². The minimum atomic E-state index is -0.783. The minimum absolute atomic E-state index is 0.0366. The SMILES string of the molecule is CC(C)C[C@H](CN)CC(=O)O.CCCCCCCCCCCC(=O)Cl.CCCCCCCCCCCC(=O)NC[C@H](CC(=O)O)CC(C)C. The second-order valence-electron chi connectivity index (χ2n) is 14.7. The van der Waals surface area contributed by atoms with Crippen molar-refractivity contribution in [3.05, 3.63) is 0 Å². The first-order valence-electron chi connectivity index (χ1n) is 19.9. The molecule has 0 saturated carbocycles. The zero-order valence-corrected chi connectivity index (χ0v) is 33.4. The predicted molar refractivity (Wildman–Crippen MR) is 207 cm³/mol. The molecule has 0 aliphatic carbocycles. The van der Waals surface area contributed by atoms with Crippen molar-refractivity contribution < 1.29 is 29.4 Å². The van der Waals surface area contributed by atoms with Gasteiger partial charge in [-0.2, -0.15) is 0 Å². The molecule has 0 aromatic carbocycles. The Morgan fingerprint density at radius 3 is 1.27 bits per heavy atom. The second-order valence-corrected chi connectivity index (χ2v) is 15.2. The fraction of sp³-hybridized carbons (Fsp3) is 0.900. The molecule has 0 aromatic heterocycles. The number of nitrogens with one attached hydrogen (secondary N) is 1. The van der Waals surface area contributed by atoms with Crippen LogP contribution in [0.15, 0.2) is 0 Å². The number of carbonyl (C=O) groups is 4. The molecule has 1 amide bonds.